The number of aliphatic hydroxyl groups is 1. The van der Waals surface area contributed by atoms with Crippen LogP contribution >= 0.6 is 46.4 Å². The number of ether oxygens (including phenoxy) is 2. The van der Waals surface area contributed by atoms with Gasteiger partial charge in [0.05, 0.1) is 63.6 Å². The topological polar surface area (TPSA) is 246 Å². The Morgan fingerprint density at radius 2 is 1.31 bits per heavy atom. The first-order valence-electron chi connectivity index (χ1n) is 19.8. The van der Waals surface area contributed by atoms with Crippen LogP contribution in [-0.4, -0.2) is 73.2 Å². The lowest BCUT2D eigenvalue weighted by Gasteiger charge is -2.26. The second-order valence-corrected chi connectivity index (χ2v) is 20.7. The first-order valence-corrected chi connectivity index (χ1v) is 24.3. The van der Waals surface area contributed by atoms with E-state index in [0.717, 1.165) is 55.9 Å². The third-order valence-corrected chi connectivity index (χ3v) is 13.3. The molecule has 0 aliphatic carbocycles. The SMILES string of the molecule is C.C.COCN(c1cc(Cl)cnc1C(=O)c1cccnc1NC(=O)OC(C)(C)C)S(=O)(=O)c1ccc(Cl)c(C(F)(F)F)c1.Nc1ncccc1C(O)c1ncc(Cl)cc1NS(=O)(=O)c1ccc(Cl)c(C(F)(F)F)c1. The number of nitrogen functional groups attached to an aromatic ring is 1. The summed E-state index contributed by atoms with van der Waals surface area (Å²) in [5.41, 5.74) is 0.784. The zero-order chi connectivity index (χ0) is 53.7. The monoisotopic (exact) mass is 1160 g/mol. The van der Waals surface area contributed by atoms with Gasteiger partial charge in [-0.05, 0) is 87.5 Å². The van der Waals surface area contributed by atoms with Crippen molar-refractivity contribution in [3.05, 3.63) is 151 Å². The van der Waals surface area contributed by atoms with E-state index >= 15 is 0 Å². The van der Waals surface area contributed by atoms with E-state index in [-0.39, 0.29) is 59.0 Å². The van der Waals surface area contributed by atoms with E-state index in [1.54, 1.807) is 20.8 Å². The number of nitrogens with two attached hydrogens (primary N) is 1. The highest BCUT2D eigenvalue weighted by atomic mass is 35.5. The second kappa shape index (κ2) is 24.5. The Balaban J connectivity index is 0.000000393. The molecule has 1 amide bonds. The fourth-order valence-corrected chi connectivity index (χ4v) is 9.31. The minimum atomic E-state index is -4.95. The fraction of sp³-hybridized carbons (Fsp3) is 0.244. The summed E-state index contributed by atoms with van der Waals surface area (Å²) >= 11 is 23.2. The standard InChI is InChI=1S/C25H23Cl2F3N4O6S.C18H13Cl2F3N4O3S.2CH4/c1-24(2,3)40-23(36)33-22-16(6-5-9-31-22)21(35)20-19(10-14(26)12-32-20)34(13-39-4)41(37,38)15-7-8-18(27)17(11-15)25(28,29)30;19-9-6-14(15(26-8-9)16(28)11-2-1-5-25-17(11)24)27-31(29,30)10-3-4-13(20)12(7-10)18(21,22)23;;/h5-12H,13H2,1-4H3,(H,31,33,36);1-8,16,27-28H,(H2,24,25);2*1H4. The molecule has 6 rings (SSSR count). The number of ketones is 1. The first kappa shape index (κ1) is 62.2. The molecule has 2 aromatic carbocycles. The van der Waals surface area contributed by atoms with Crippen LogP contribution < -0.4 is 20.1 Å². The number of methoxy groups -OCH3 is 1. The summed E-state index contributed by atoms with van der Waals surface area (Å²) in [5, 5.41) is 11.6. The largest absolute Gasteiger partial charge is 0.444 e. The minimum Gasteiger partial charge on any atom is -0.444 e. The van der Waals surface area contributed by atoms with Gasteiger partial charge in [-0.25, -0.2) is 40.9 Å². The number of carbonyl (C=O) groups is 2. The maximum Gasteiger partial charge on any atom is 0.417 e. The Hall–Kier alpha value is -6.06. The average molecular weight is 1160 g/mol. The van der Waals surface area contributed by atoms with Crippen LogP contribution in [0.2, 0.25) is 20.1 Å². The third-order valence-electron chi connectivity index (χ3n) is 9.18. The van der Waals surface area contributed by atoms with Crippen molar-refractivity contribution in [1.82, 2.24) is 19.9 Å². The van der Waals surface area contributed by atoms with Crippen molar-refractivity contribution in [2.75, 3.05) is 33.9 Å². The molecule has 0 saturated carbocycles. The highest BCUT2D eigenvalue weighted by Crippen LogP contribution is 2.40. The second-order valence-electron chi connectivity index (χ2n) is 15.5. The summed E-state index contributed by atoms with van der Waals surface area (Å²) in [6.45, 7) is 4.14. The highest BCUT2D eigenvalue weighted by molar-refractivity contribution is 7.93. The van der Waals surface area contributed by atoms with E-state index in [4.69, 9.17) is 61.6 Å². The predicted molar refractivity (Wildman–Crippen MR) is 267 cm³/mol. The molecule has 1 unspecified atom stereocenters. The Kier molecular flexibility index (Phi) is 20.6. The van der Waals surface area contributed by atoms with Gasteiger partial charge in [-0.15, -0.1) is 0 Å². The number of hydrogen-bond donors (Lipinski definition) is 4. The number of aliphatic hydroxyl groups excluding tert-OH is 1. The molecule has 0 saturated heterocycles. The van der Waals surface area contributed by atoms with Crippen LogP contribution in [-0.2, 0) is 41.9 Å². The van der Waals surface area contributed by atoms with Crippen molar-refractivity contribution in [2.45, 2.75) is 69.5 Å². The molecule has 4 aromatic heterocycles. The lowest BCUT2D eigenvalue weighted by molar-refractivity contribution is -0.138. The number of nitrogens with zero attached hydrogens (tertiary/aromatic N) is 5. The molecule has 29 heteroatoms. The number of halogens is 10. The molecule has 0 aliphatic rings. The molecule has 0 radical (unpaired) electrons. The van der Waals surface area contributed by atoms with Gasteiger partial charge in [0.1, 0.15) is 35.8 Å². The minimum absolute atomic E-state index is 0. The van der Waals surface area contributed by atoms with E-state index in [0.29, 0.717) is 16.4 Å². The number of hydrogen-bond acceptors (Lipinski definition) is 14. The van der Waals surface area contributed by atoms with Crippen molar-refractivity contribution in [1.29, 1.82) is 0 Å². The molecule has 5 N–H and O–H groups in total. The van der Waals surface area contributed by atoms with Gasteiger partial charge in [0.25, 0.3) is 20.0 Å². The number of benzene rings is 2. The van der Waals surface area contributed by atoms with Crippen molar-refractivity contribution >= 4 is 101 Å². The van der Waals surface area contributed by atoms with Gasteiger partial charge < -0.3 is 20.3 Å². The van der Waals surface area contributed by atoms with E-state index in [1.807, 2.05) is 0 Å². The molecule has 0 spiro atoms. The number of pyridine rings is 4. The van der Waals surface area contributed by atoms with Gasteiger partial charge in [-0.1, -0.05) is 67.3 Å². The van der Waals surface area contributed by atoms with Crippen LogP contribution in [0.4, 0.5) is 54.1 Å². The van der Waals surface area contributed by atoms with Crippen molar-refractivity contribution in [3.8, 4) is 0 Å². The van der Waals surface area contributed by atoms with E-state index in [1.165, 1.54) is 36.7 Å². The molecule has 1 atom stereocenters. The van der Waals surface area contributed by atoms with Gasteiger partial charge in [0.15, 0.2) is 0 Å². The molecule has 6 aromatic rings. The summed E-state index contributed by atoms with van der Waals surface area (Å²) in [4.78, 5) is 40.3. The van der Waals surface area contributed by atoms with Crippen LogP contribution in [0.5, 0.6) is 0 Å². The number of rotatable bonds is 13. The third kappa shape index (κ3) is 15.3. The molecule has 0 fully saturated rings. The average Bonchev–Trinajstić information content (AvgIpc) is 3.27. The number of aromatic nitrogens is 4. The Labute approximate surface area is 441 Å². The molecule has 0 bridgehead atoms. The lowest BCUT2D eigenvalue weighted by Crippen LogP contribution is -2.34. The maximum atomic E-state index is 13.7. The number of alkyl halides is 6. The van der Waals surface area contributed by atoms with Crippen LogP contribution in [0, 0.1) is 0 Å². The summed E-state index contributed by atoms with van der Waals surface area (Å²) in [5.74, 6) is -1.14. The van der Waals surface area contributed by atoms with E-state index < -0.39 is 105 Å². The van der Waals surface area contributed by atoms with Crippen molar-refractivity contribution < 1.29 is 67.3 Å². The number of nitrogens with one attached hydrogen (secondary N) is 2. The Morgan fingerprint density at radius 3 is 1.88 bits per heavy atom. The summed E-state index contributed by atoms with van der Waals surface area (Å²) in [6, 6.07) is 12.0. The Bertz CT molecular complexity index is 3250. The Morgan fingerprint density at radius 1 is 0.770 bits per heavy atom. The molecule has 74 heavy (non-hydrogen) atoms. The molecular weight excluding hydrogens is 1120 g/mol. The number of anilines is 4. The van der Waals surface area contributed by atoms with Crippen LogP contribution in [0.3, 0.4) is 0 Å². The van der Waals surface area contributed by atoms with Gasteiger partial charge in [-0.3, -0.25) is 19.8 Å². The van der Waals surface area contributed by atoms with Gasteiger partial charge >= 0.3 is 18.4 Å². The molecule has 400 valence electrons. The molecule has 0 aliphatic heterocycles. The highest BCUT2D eigenvalue weighted by Gasteiger charge is 2.38. The zero-order valence-electron chi connectivity index (χ0n) is 37.1. The molecule has 17 nitrogen and oxygen atoms in total. The molecule has 4 heterocycles. The molecular formula is C45H44Cl4F6N8O9S2. The van der Waals surface area contributed by atoms with Gasteiger partial charge in [0.2, 0.25) is 5.78 Å². The summed E-state index contributed by atoms with van der Waals surface area (Å²) in [7, 11) is -8.24. The van der Waals surface area contributed by atoms with Gasteiger partial charge in [-0.2, -0.15) is 26.3 Å². The quantitative estimate of drug-likeness (QED) is 0.0477. The summed E-state index contributed by atoms with van der Waals surface area (Å²) < 4.78 is 145. The summed E-state index contributed by atoms with van der Waals surface area (Å²) in [6.07, 6.45) is -7.32. The van der Waals surface area contributed by atoms with Crippen LogP contribution in [0.1, 0.15) is 80.2 Å². The van der Waals surface area contributed by atoms with E-state index in [2.05, 4.69) is 30.0 Å². The smallest absolute Gasteiger partial charge is 0.417 e. The zero-order valence-corrected chi connectivity index (χ0v) is 41.8. The first-order chi connectivity index (χ1) is 33.3. The normalized spacial score (nSPS) is 12.2. The number of amides is 1. The lowest BCUT2D eigenvalue weighted by atomic mass is 10.1. The van der Waals surface area contributed by atoms with Gasteiger partial charge in [0, 0.05) is 37.5 Å². The van der Waals surface area contributed by atoms with E-state index in [9.17, 15) is 57.9 Å². The number of carbonyl (C=O) groups excluding carboxylic acids is 2. The fourth-order valence-electron chi connectivity index (χ4n) is 6.06. The van der Waals surface area contributed by atoms with Crippen molar-refractivity contribution in [2.24, 2.45) is 0 Å². The maximum absolute atomic E-state index is 13.7. The van der Waals surface area contributed by atoms with Crippen LogP contribution in [0.15, 0.2) is 107 Å². The van der Waals surface area contributed by atoms with Crippen LogP contribution in [0.25, 0.3) is 0 Å². The predicted octanol–water partition coefficient (Wildman–Crippen LogP) is 11.7. The van der Waals surface area contributed by atoms with Crippen molar-refractivity contribution in [3.63, 3.8) is 0 Å². The number of sulfonamides is 2.